The lowest BCUT2D eigenvalue weighted by molar-refractivity contribution is 0.685. The fraction of sp³-hybridized carbons (Fsp3) is 0.214. The van der Waals surface area contributed by atoms with Gasteiger partial charge in [-0.25, -0.2) is 0 Å². The predicted molar refractivity (Wildman–Crippen MR) is 129 cm³/mol. The van der Waals surface area contributed by atoms with E-state index in [9.17, 15) is 0 Å². The van der Waals surface area contributed by atoms with Gasteiger partial charge in [-0.05, 0) is 73.8 Å². The molecule has 0 aliphatic rings. The monoisotopic (exact) mass is 377 g/mol. The Morgan fingerprint density at radius 3 is 2.03 bits per heavy atom. The van der Waals surface area contributed by atoms with Gasteiger partial charge in [0.25, 0.3) is 0 Å². The number of fused-ring (bicyclic) bond motifs is 6. The molecule has 5 aromatic carbocycles. The second-order valence-electron chi connectivity index (χ2n) is 8.07. The predicted octanol–water partition coefficient (Wildman–Crippen LogP) is 8.29. The van der Waals surface area contributed by atoms with E-state index in [1.165, 1.54) is 74.5 Å². The highest BCUT2D eigenvalue weighted by Gasteiger charge is 2.07. The summed E-state index contributed by atoms with van der Waals surface area (Å²) in [6.45, 7) is 3.31. The fourth-order valence-corrected chi connectivity index (χ4v) is 4.46. The van der Waals surface area contributed by atoms with E-state index in [1.807, 2.05) is 0 Å². The molecular weight excluding hydrogens is 350 g/mol. The molecule has 0 aliphatic heterocycles. The van der Waals surface area contributed by atoms with Crippen molar-refractivity contribution in [2.24, 2.45) is 0 Å². The minimum absolute atomic E-state index is 1.05. The van der Waals surface area contributed by atoms with Crippen LogP contribution < -0.4 is 5.32 Å². The molecule has 0 heterocycles. The summed E-state index contributed by atoms with van der Waals surface area (Å²) < 4.78 is 0. The molecule has 5 rings (SSSR count). The van der Waals surface area contributed by atoms with Crippen molar-refractivity contribution in [3.8, 4) is 0 Å². The van der Waals surface area contributed by atoms with Crippen LogP contribution >= 0.6 is 0 Å². The van der Waals surface area contributed by atoms with Crippen molar-refractivity contribution >= 4 is 48.8 Å². The third kappa shape index (κ3) is 3.42. The molecule has 0 aliphatic carbocycles. The van der Waals surface area contributed by atoms with Gasteiger partial charge in [0.1, 0.15) is 0 Å². The summed E-state index contributed by atoms with van der Waals surface area (Å²) in [7, 11) is 0. The number of hydrogen-bond donors (Lipinski definition) is 1. The summed E-state index contributed by atoms with van der Waals surface area (Å²) in [5.41, 5.74) is 1.22. The molecule has 1 nitrogen and oxygen atoms in total. The van der Waals surface area contributed by atoms with Crippen LogP contribution in [0.1, 0.15) is 32.6 Å². The normalized spacial score (nSPS) is 11.6. The van der Waals surface area contributed by atoms with Crippen molar-refractivity contribution in [1.29, 1.82) is 0 Å². The molecule has 144 valence electrons. The maximum atomic E-state index is 3.59. The van der Waals surface area contributed by atoms with Crippen LogP contribution in [0.3, 0.4) is 0 Å². The Kier molecular flexibility index (Phi) is 4.81. The Morgan fingerprint density at radius 1 is 0.552 bits per heavy atom. The molecule has 29 heavy (non-hydrogen) atoms. The van der Waals surface area contributed by atoms with Gasteiger partial charge < -0.3 is 5.32 Å². The molecule has 0 fully saturated rings. The molecule has 1 N–H and O–H groups in total. The largest absolute Gasteiger partial charge is 0.385 e. The summed E-state index contributed by atoms with van der Waals surface area (Å²) in [5, 5.41) is 14.1. The van der Waals surface area contributed by atoms with Gasteiger partial charge in [0, 0.05) is 12.2 Å². The second kappa shape index (κ2) is 7.75. The summed E-state index contributed by atoms with van der Waals surface area (Å²) >= 11 is 0. The average Bonchev–Trinajstić information content (AvgIpc) is 2.77. The summed E-state index contributed by atoms with van der Waals surface area (Å²) in [4.78, 5) is 0. The molecule has 0 amide bonds. The lowest BCUT2D eigenvalue weighted by Crippen LogP contribution is -2.01. The van der Waals surface area contributed by atoms with E-state index >= 15 is 0 Å². The van der Waals surface area contributed by atoms with Gasteiger partial charge in [0.05, 0.1) is 0 Å². The molecule has 0 unspecified atom stereocenters. The number of anilines is 1. The quantitative estimate of drug-likeness (QED) is 0.178. The van der Waals surface area contributed by atoms with E-state index in [0.717, 1.165) is 6.54 Å². The van der Waals surface area contributed by atoms with Gasteiger partial charge in [-0.2, -0.15) is 0 Å². The number of nitrogens with one attached hydrogen (secondary N) is 1. The third-order valence-corrected chi connectivity index (χ3v) is 6.06. The van der Waals surface area contributed by atoms with Crippen molar-refractivity contribution in [3.63, 3.8) is 0 Å². The van der Waals surface area contributed by atoms with E-state index in [-0.39, 0.29) is 0 Å². The van der Waals surface area contributed by atoms with Crippen LogP contribution in [0.15, 0.2) is 78.9 Å². The minimum Gasteiger partial charge on any atom is -0.385 e. The van der Waals surface area contributed by atoms with Crippen molar-refractivity contribution in [2.75, 3.05) is 11.9 Å². The Labute approximate surface area is 172 Å². The average molecular weight is 378 g/mol. The van der Waals surface area contributed by atoms with Gasteiger partial charge in [-0.1, -0.05) is 80.8 Å². The van der Waals surface area contributed by atoms with Gasteiger partial charge >= 0.3 is 0 Å². The maximum Gasteiger partial charge on any atom is 0.0346 e. The Bertz CT molecular complexity index is 1320. The highest BCUT2D eigenvalue weighted by atomic mass is 14.9. The molecule has 1 heteroatoms. The molecule has 5 aromatic rings. The van der Waals surface area contributed by atoms with Crippen LogP contribution in [0.25, 0.3) is 43.1 Å². The first-order chi connectivity index (χ1) is 14.3. The molecular formula is C28H27N. The first kappa shape index (κ1) is 18.0. The van der Waals surface area contributed by atoms with Crippen molar-refractivity contribution in [3.05, 3.63) is 78.9 Å². The van der Waals surface area contributed by atoms with Gasteiger partial charge in [0.2, 0.25) is 0 Å². The third-order valence-electron chi connectivity index (χ3n) is 6.06. The van der Waals surface area contributed by atoms with Crippen LogP contribution in [0.2, 0.25) is 0 Å². The standard InChI is InChI=1S/C28H27N/c1-2-3-4-7-16-29-24-12-15-25-23(18-24)11-14-27-26(25)13-10-22-17-20-8-5-6-9-21(20)19-28(22)27/h5-6,8-15,17-19,29H,2-4,7,16H2,1H3. The Hall–Kier alpha value is -3.06. The zero-order valence-corrected chi connectivity index (χ0v) is 17.0. The van der Waals surface area contributed by atoms with E-state index in [2.05, 4.69) is 91.1 Å². The van der Waals surface area contributed by atoms with E-state index in [4.69, 9.17) is 0 Å². The second-order valence-corrected chi connectivity index (χ2v) is 8.07. The highest BCUT2D eigenvalue weighted by molar-refractivity contribution is 6.19. The number of rotatable bonds is 6. The lowest BCUT2D eigenvalue weighted by Gasteiger charge is -2.11. The molecule has 0 aromatic heterocycles. The van der Waals surface area contributed by atoms with E-state index < -0.39 is 0 Å². The van der Waals surface area contributed by atoms with Crippen molar-refractivity contribution in [2.45, 2.75) is 32.6 Å². The van der Waals surface area contributed by atoms with Gasteiger partial charge in [0.15, 0.2) is 0 Å². The molecule has 0 atom stereocenters. The van der Waals surface area contributed by atoms with Gasteiger partial charge in [-0.3, -0.25) is 0 Å². The zero-order valence-electron chi connectivity index (χ0n) is 17.0. The highest BCUT2D eigenvalue weighted by Crippen LogP contribution is 2.34. The molecule has 0 saturated heterocycles. The van der Waals surface area contributed by atoms with Crippen molar-refractivity contribution in [1.82, 2.24) is 0 Å². The van der Waals surface area contributed by atoms with Crippen LogP contribution in [0, 0.1) is 0 Å². The topological polar surface area (TPSA) is 12.0 Å². The minimum atomic E-state index is 1.05. The SMILES string of the molecule is CCCCCCNc1ccc2c(ccc3c4cc5ccccc5cc4ccc23)c1. The summed E-state index contributed by atoms with van der Waals surface area (Å²) in [5.74, 6) is 0. The van der Waals surface area contributed by atoms with Crippen LogP contribution in [0.4, 0.5) is 5.69 Å². The molecule has 0 saturated carbocycles. The molecule has 0 radical (unpaired) electrons. The first-order valence-corrected chi connectivity index (χ1v) is 10.9. The Morgan fingerprint density at radius 2 is 1.24 bits per heavy atom. The zero-order chi connectivity index (χ0) is 19.6. The van der Waals surface area contributed by atoms with Crippen molar-refractivity contribution < 1.29 is 0 Å². The summed E-state index contributed by atoms with van der Waals surface area (Å²) in [6, 6.07) is 29.2. The lowest BCUT2D eigenvalue weighted by atomic mass is 9.95. The van der Waals surface area contributed by atoms with Crippen LogP contribution in [-0.4, -0.2) is 6.54 Å². The number of unbranched alkanes of at least 4 members (excludes halogenated alkanes) is 3. The van der Waals surface area contributed by atoms with E-state index in [0.29, 0.717) is 0 Å². The smallest absolute Gasteiger partial charge is 0.0346 e. The number of benzene rings is 5. The fourth-order valence-electron chi connectivity index (χ4n) is 4.46. The van der Waals surface area contributed by atoms with Crippen LogP contribution in [-0.2, 0) is 0 Å². The first-order valence-electron chi connectivity index (χ1n) is 10.9. The molecule has 0 spiro atoms. The maximum absolute atomic E-state index is 3.59. The number of hydrogen-bond acceptors (Lipinski definition) is 1. The van der Waals surface area contributed by atoms with Gasteiger partial charge in [-0.15, -0.1) is 0 Å². The Balaban J connectivity index is 1.55. The van der Waals surface area contributed by atoms with Crippen LogP contribution in [0.5, 0.6) is 0 Å². The molecule has 0 bridgehead atoms. The van der Waals surface area contributed by atoms with E-state index in [1.54, 1.807) is 0 Å². The summed E-state index contributed by atoms with van der Waals surface area (Å²) in [6.07, 6.45) is 5.16.